The van der Waals surface area contributed by atoms with E-state index in [0.717, 1.165) is 38.4 Å². The van der Waals surface area contributed by atoms with Crippen molar-refractivity contribution in [3.63, 3.8) is 0 Å². The molecular weight excluding hydrogens is 544 g/mol. The number of aryl methyl sites for hydroxylation is 2. The molecular formula is C36H33ClN2O3. The second-order valence-electron chi connectivity index (χ2n) is 9.46. The van der Waals surface area contributed by atoms with Gasteiger partial charge in [-0.2, -0.15) is 0 Å². The first-order valence-electron chi connectivity index (χ1n) is 13.2. The molecule has 42 heavy (non-hydrogen) atoms. The number of nitrogens with two attached hydrogens (primary N) is 1. The lowest BCUT2D eigenvalue weighted by molar-refractivity contribution is 0.104. The summed E-state index contributed by atoms with van der Waals surface area (Å²) in [5.41, 5.74) is 6.37. The maximum absolute atomic E-state index is 12.6. The van der Waals surface area contributed by atoms with Gasteiger partial charge in [0, 0.05) is 22.3 Å². The second kappa shape index (κ2) is 15.3. The van der Waals surface area contributed by atoms with E-state index < -0.39 is 0 Å². The number of carbonyl (C=O) groups excluding carboxylic acids is 1. The van der Waals surface area contributed by atoms with E-state index in [1.807, 2.05) is 109 Å². The van der Waals surface area contributed by atoms with E-state index in [1.54, 1.807) is 0 Å². The van der Waals surface area contributed by atoms with Gasteiger partial charge in [-0.1, -0.05) is 139 Å². The number of rotatable bonds is 4. The summed E-state index contributed by atoms with van der Waals surface area (Å²) in [6, 6.07) is 43.4. The molecule has 0 spiro atoms. The zero-order valence-corrected chi connectivity index (χ0v) is 24.3. The Morgan fingerprint density at radius 3 is 1.38 bits per heavy atom. The van der Waals surface area contributed by atoms with Crippen molar-refractivity contribution in [3.05, 3.63) is 167 Å². The third-order valence-corrected chi connectivity index (χ3v) is 6.97. The van der Waals surface area contributed by atoms with Crippen molar-refractivity contribution < 1.29 is 15.2 Å². The molecule has 6 rings (SSSR count). The summed E-state index contributed by atoms with van der Waals surface area (Å²) in [6.45, 7) is 4.16. The van der Waals surface area contributed by atoms with Gasteiger partial charge in [-0.3, -0.25) is 4.79 Å². The van der Waals surface area contributed by atoms with Crippen LogP contribution >= 0.6 is 12.4 Å². The predicted octanol–water partition coefficient (Wildman–Crippen LogP) is 8.51. The van der Waals surface area contributed by atoms with Gasteiger partial charge >= 0.3 is 0 Å². The first-order chi connectivity index (χ1) is 20.1. The van der Waals surface area contributed by atoms with Gasteiger partial charge in [0.25, 0.3) is 0 Å². The van der Waals surface area contributed by atoms with E-state index in [-0.39, 0.29) is 18.2 Å². The SMILES string of the molecule is Cc1ccc(/C(=N\O)c2ccccc2)c2ccccc12.Cc1ccc(C(=O)c2ccccc2)c2ccccc12.Cl.NO. The highest BCUT2D eigenvalue weighted by atomic mass is 35.5. The van der Waals surface area contributed by atoms with Gasteiger partial charge in [0.2, 0.25) is 0 Å². The molecule has 5 nitrogen and oxygen atoms in total. The number of fused-ring (bicyclic) bond motifs is 2. The molecule has 0 radical (unpaired) electrons. The van der Waals surface area contributed by atoms with E-state index in [0.29, 0.717) is 5.71 Å². The number of nitrogens with zero attached hydrogens (tertiary/aromatic N) is 1. The number of benzene rings is 6. The molecule has 0 aromatic heterocycles. The van der Waals surface area contributed by atoms with Crippen molar-refractivity contribution in [1.29, 1.82) is 0 Å². The lowest BCUT2D eigenvalue weighted by atomic mass is 9.94. The van der Waals surface area contributed by atoms with Crippen LogP contribution in [0.1, 0.15) is 38.2 Å². The largest absolute Gasteiger partial charge is 0.410 e. The van der Waals surface area contributed by atoms with E-state index in [9.17, 15) is 10.0 Å². The van der Waals surface area contributed by atoms with Crippen molar-refractivity contribution >= 4 is 45.4 Å². The highest BCUT2D eigenvalue weighted by Gasteiger charge is 2.13. The Morgan fingerprint density at radius 1 is 0.524 bits per heavy atom. The van der Waals surface area contributed by atoms with Gasteiger partial charge < -0.3 is 10.4 Å². The Bertz CT molecular complexity index is 1800. The molecule has 0 aliphatic rings. The molecule has 0 saturated heterocycles. The quantitative estimate of drug-likeness (QED) is 0.0848. The van der Waals surface area contributed by atoms with Crippen LogP contribution in [0, 0.1) is 13.8 Å². The number of halogens is 1. The molecule has 0 bridgehead atoms. The monoisotopic (exact) mass is 576 g/mol. The van der Waals surface area contributed by atoms with Crippen molar-refractivity contribution in [3.8, 4) is 0 Å². The predicted molar refractivity (Wildman–Crippen MR) is 174 cm³/mol. The molecule has 0 aliphatic carbocycles. The van der Waals surface area contributed by atoms with Crippen LogP contribution in [-0.4, -0.2) is 21.9 Å². The Hall–Kier alpha value is -4.81. The molecule has 6 aromatic carbocycles. The molecule has 0 unspecified atom stereocenters. The zero-order chi connectivity index (χ0) is 29.2. The Balaban J connectivity index is 0.000000213. The smallest absolute Gasteiger partial charge is 0.193 e. The van der Waals surface area contributed by atoms with Crippen molar-refractivity contribution in [1.82, 2.24) is 0 Å². The van der Waals surface area contributed by atoms with Crippen LogP contribution in [0.25, 0.3) is 21.5 Å². The van der Waals surface area contributed by atoms with Gasteiger partial charge in [0.05, 0.1) is 0 Å². The van der Waals surface area contributed by atoms with Gasteiger partial charge in [-0.15, -0.1) is 12.4 Å². The maximum atomic E-state index is 12.6. The molecule has 0 fully saturated rings. The van der Waals surface area contributed by atoms with Gasteiger partial charge in [-0.25, -0.2) is 5.90 Å². The molecule has 0 atom stereocenters. The zero-order valence-electron chi connectivity index (χ0n) is 23.4. The second-order valence-corrected chi connectivity index (χ2v) is 9.46. The van der Waals surface area contributed by atoms with Crippen LogP contribution in [0.15, 0.2) is 139 Å². The fraction of sp³-hybridized carbons (Fsp3) is 0.0556. The molecule has 212 valence electrons. The minimum atomic E-state index is 0. The summed E-state index contributed by atoms with van der Waals surface area (Å²) in [6.07, 6.45) is 0. The topological polar surface area (TPSA) is 95.9 Å². The first-order valence-corrected chi connectivity index (χ1v) is 13.2. The Morgan fingerprint density at radius 2 is 0.905 bits per heavy atom. The van der Waals surface area contributed by atoms with Crippen LogP contribution in [0.3, 0.4) is 0 Å². The van der Waals surface area contributed by atoms with E-state index in [4.69, 9.17) is 5.21 Å². The van der Waals surface area contributed by atoms with Gasteiger partial charge in [-0.05, 0) is 46.5 Å². The number of hydrogen-bond acceptors (Lipinski definition) is 5. The summed E-state index contributed by atoms with van der Waals surface area (Å²) in [4.78, 5) is 12.6. The molecule has 0 aliphatic heterocycles. The van der Waals surface area contributed by atoms with Crippen LogP contribution < -0.4 is 5.90 Å². The van der Waals surface area contributed by atoms with Crippen LogP contribution in [0.5, 0.6) is 0 Å². The highest BCUT2D eigenvalue weighted by molar-refractivity contribution is 6.19. The lowest BCUT2D eigenvalue weighted by Gasteiger charge is -2.10. The third kappa shape index (κ3) is 6.90. The number of carbonyl (C=O) groups is 1. The van der Waals surface area contributed by atoms with Crippen LogP contribution in [0.4, 0.5) is 0 Å². The molecule has 6 aromatic rings. The summed E-state index contributed by atoms with van der Waals surface area (Å²) in [5, 5.41) is 23.9. The summed E-state index contributed by atoms with van der Waals surface area (Å²) >= 11 is 0. The summed E-state index contributed by atoms with van der Waals surface area (Å²) in [7, 11) is 0. The summed E-state index contributed by atoms with van der Waals surface area (Å²) < 4.78 is 0. The molecule has 0 amide bonds. The fourth-order valence-electron chi connectivity index (χ4n) is 4.91. The number of oxime groups is 1. The normalized spacial score (nSPS) is 10.5. The highest BCUT2D eigenvalue weighted by Crippen LogP contribution is 2.26. The van der Waals surface area contributed by atoms with E-state index in [2.05, 4.69) is 49.2 Å². The lowest BCUT2D eigenvalue weighted by Crippen LogP contribution is -2.04. The Kier molecular flexibility index (Phi) is 11.5. The van der Waals surface area contributed by atoms with Crippen molar-refractivity contribution in [2.45, 2.75) is 13.8 Å². The minimum absolute atomic E-state index is 0. The average Bonchev–Trinajstić information content (AvgIpc) is 3.05. The number of hydrogen-bond donors (Lipinski definition) is 3. The maximum Gasteiger partial charge on any atom is 0.193 e. The first kappa shape index (κ1) is 31.7. The summed E-state index contributed by atoms with van der Waals surface area (Å²) in [5.74, 6) is 3.58. The third-order valence-electron chi connectivity index (χ3n) is 6.97. The van der Waals surface area contributed by atoms with Crippen LogP contribution in [0.2, 0.25) is 0 Å². The molecule has 6 heteroatoms. The van der Waals surface area contributed by atoms with Crippen molar-refractivity contribution in [2.24, 2.45) is 11.1 Å². The fourth-order valence-corrected chi connectivity index (χ4v) is 4.91. The molecule has 0 saturated carbocycles. The van der Waals surface area contributed by atoms with E-state index >= 15 is 0 Å². The average molecular weight is 577 g/mol. The molecule has 4 N–H and O–H groups in total. The molecule has 0 heterocycles. The minimum Gasteiger partial charge on any atom is -0.410 e. The number of ketones is 1. The van der Waals surface area contributed by atoms with Crippen molar-refractivity contribution in [2.75, 3.05) is 0 Å². The van der Waals surface area contributed by atoms with Gasteiger partial charge in [0.15, 0.2) is 5.78 Å². The van der Waals surface area contributed by atoms with Crippen LogP contribution in [-0.2, 0) is 0 Å². The van der Waals surface area contributed by atoms with Gasteiger partial charge in [0.1, 0.15) is 5.71 Å². The van der Waals surface area contributed by atoms with E-state index in [1.165, 1.54) is 16.5 Å². The standard InChI is InChI=1S/C18H15NO.C18H14O.ClH.H3NO/c1-13-11-12-17(16-10-6-5-9-15(13)16)18(19-20)14-7-3-2-4-8-14;1-13-11-12-17(16-10-6-5-9-15(13)16)18(19)14-7-3-2-4-8-14;;1-2/h2-12,20H,1H3;2-12H,1H3;1H;2H,1H2/b19-18-;;;. The Labute approximate surface area is 251 Å².